The minimum absolute atomic E-state index is 0.0659. The van der Waals surface area contributed by atoms with E-state index in [2.05, 4.69) is 5.32 Å². The van der Waals surface area contributed by atoms with Gasteiger partial charge in [0.1, 0.15) is 11.4 Å². The monoisotopic (exact) mass is 455 g/mol. The largest absolute Gasteiger partial charge is 0.491 e. The number of imide groups is 1. The smallest absolute Gasteiger partial charge is 0.282 e. The van der Waals surface area contributed by atoms with Gasteiger partial charge in [0.05, 0.1) is 17.4 Å². The quantitative estimate of drug-likeness (QED) is 0.494. The molecule has 174 valence electrons. The Kier molecular flexibility index (Phi) is 6.41. The number of hydrogen-bond acceptors (Lipinski definition) is 5. The van der Waals surface area contributed by atoms with Crippen LogP contribution in [0, 0.1) is 6.92 Å². The van der Waals surface area contributed by atoms with Crippen molar-refractivity contribution in [2.24, 2.45) is 0 Å². The third-order valence-electron chi connectivity index (χ3n) is 5.54. The summed E-state index contributed by atoms with van der Waals surface area (Å²) in [4.78, 5) is 30.3. The van der Waals surface area contributed by atoms with E-state index in [4.69, 9.17) is 4.74 Å². The fourth-order valence-corrected chi connectivity index (χ4v) is 3.80. The SMILES string of the molecule is Cc1ccc(C2=C(Nc3ccc(OC(C)C)cc3)C(=O)N(c3ccc(N(C)C)cc3)C2=O)cc1. The van der Waals surface area contributed by atoms with Gasteiger partial charge in [-0.3, -0.25) is 9.59 Å². The fourth-order valence-electron chi connectivity index (χ4n) is 3.80. The van der Waals surface area contributed by atoms with E-state index in [0.717, 1.165) is 17.0 Å². The van der Waals surface area contributed by atoms with Gasteiger partial charge in [0.25, 0.3) is 11.8 Å². The molecule has 0 atom stereocenters. The Morgan fingerprint density at radius 2 is 1.44 bits per heavy atom. The zero-order chi connectivity index (χ0) is 24.4. The highest BCUT2D eigenvalue weighted by Gasteiger charge is 2.40. The molecule has 0 fully saturated rings. The molecule has 1 heterocycles. The molecule has 0 saturated carbocycles. The molecule has 3 aromatic rings. The summed E-state index contributed by atoms with van der Waals surface area (Å²) < 4.78 is 5.71. The Morgan fingerprint density at radius 1 is 0.824 bits per heavy atom. The van der Waals surface area contributed by atoms with Crippen molar-refractivity contribution in [1.29, 1.82) is 0 Å². The van der Waals surface area contributed by atoms with E-state index in [-0.39, 0.29) is 23.6 Å². The van der Waals surface area contributed by atoms with Crippen molar-refractivity contribution in [1.82, 2.24) is 0 Å². The first-order valence-corrected chi connectivity index (χ1v) is 11.3. The Bertz CT molecular complexity index is 1230. The zero-order valence-corrected chi connectivity index (χ0v) is 20.1. The van der Waals surface area contributed by atoms with Crippen LogP contribution >= 0.6 is 0 Å². The van der Waals surface area contributed by atoms with Gasteiger partial charge in [-0.15, -0.1) is 0 Å². The van der Waals surface area contributed by atoms with Crippen molar-refractivity contribution in [3.8, 4) is 5.75 Å². The number of hydrogen-bond donors (Lipinski definition) is 1. The summed E-state index contributed by atoms with van der Waals surface area (Å²) >= 11 is 0. The van der Waals surface area contributed by atoms with Crippen LogP contribution in [0.4, 0.5) is 17.1 Å². The molecule has 6 nitrogen and oxygen atoms in total. The van der Waals surface area contributed by atoms with Crippen LogP contribution in [0.25, 0.3) is 5.57 Å². The van der Waals surface area contributed by atoms with Gasteiger partial charge in [0, 0.05) is 25.5 Å². The van der Waals surface area contributed by atoms with Crippen molar-refractivity contribution in [3.05, 3.63) is 89.6 Å². The van der Waals surface area contributed by atoms with E-state index < -0.39 is 0 Å². The maximum absolute atomic E-state index is 13.6. The summed E-state index contributed by atoms with van der Waals surface area (Å²) in [5, 5.41) is 3.20. The predicted octanol–water partition coefficient (Wildman–Crippen LogP) is 5.24. The fraction of sp³-hybridized carbons (Fsp3) is 0.214. The Morgan fingerprint density at radius 3 is 2.00 bits per heavy atom. The van der Waals surface area contributed by atoms with Crippen LogP contribution in [0.5, 0.6) is 5.75 Å². The molecule has 6 heteroatoms. The number of ether oxygens (including phenoxy) is 1. The maximum atomic E-state index is 13.6. The molecule has 1 N–H and O–H groups in total. The molecule has 1 aliphatic rings. The van der Waals surface area contributed by atoms with Crippen molar-refractivity contribution in [2.75, 3.05) is 29.2 Å². The minimum Gasteiger partial charge on any atom is -0.491 e. The second-order valence-electron chi connectivity index (χ2n) is 8.79. The van der Waals surface area contributed by atoms with Gasteiger partial charge in [-0.25, -0.2) is 4.90 Å². The van der Waals surface area contributed by atoms with Gasteiger partial charge in [-0.1, -0.05) is 29.8 Å². The molecule has 3 aromatic carbocycles. The van der Waals surface area contributed by atoms with Gasteiger partial charge < -0.3 is 15.0 Å². The lowest BCUT2D eigenvalue weighted by Crippen LogP contribution is -2.32. The molecule has 0 saturated heterocycles. The Balaban J connectivity index is 1.72. The number of nitrogens with zero attached hydrogens (tertiary/aromatic N) is 2. The Hall–Kier alpha value is -4.06. The molecule has 0 unspecified atom stereocenters. The first kappa shape index (κ1) is 23.1. The lowest BCUT2D eigenvalue weighted by atomic mass is 10.0. The number of rotatable bonds is 7. The molecular formula is C28H29N3O3. The molecule has 0 aromatic heterocycles. The van der Waals surface area contributed by atoms with Crippen LogP contribution in [-0.4, -0.2) is 32.0 Å². The van der Waals surface area contributed by atoms with Crippen molar-refractivity contribution >= 4 is 34.4 Å². The van der Waals surface area contributed by atoms with Crippen LogP contribution in [0.15, 0.2) is 78.5 Å². The van der Waals surface area contributed by atoms with Crippen molar-refractivity contribution in [3.63, 3.8) is 0 Å². The summed E-state index contributed by atoms with van der Waals surface area (Å²) in [6.07, 6.45) is 0.0659. The van der Waals surface area contributed by atoms with Gasteiger partial charge in [0.15, 0.2) is 0 Å². The van der Waals surface area contributed by atoms with Crippen molar-refractivity contribution in [2.45, 2.75) is 26.9 Å². The van der Waals surface area contributed by atoms with E-state index in [1.807, 2.05) is 100 Å². The average molecular weight is 456 g/mol. The molecule has 0 aliphatic carbocycles. The number of anilines is 3. The molecule has 0 bridgehead atoms. The maximum Gasteiger partial charge on any atom is 0.282 e. The van der Waals surface area contributed by atoms with Crippen LogP contribution in [-0.2, 0) is 9.59 Å². The van der Waals surface area contributed by atoms with Crippen LogP contribution < -0.4 is 19.9 Å². The molecule has 34 heavy (non-hydrogen) atoms. The zero-order valence-electron chi connectivity index (χ0n) is 20.1. The number of carbonyl (C=O) groups excluding carboxylic acids is 2. The highest BCUT2D eigenvalue weighted by atomic mass is 16.5. The first-order valence-electron chi connectivity index (χ1n) is 11.3. The molecule has 0 spiro atoms. The normalized spacial score (nSPS) is 13.6. The van der Waals surface area contributed by atoms with E-state index in [0.29, 0.717) is 22.5 Å². The number of amides is 2. The number of aryl methyl sites for hydroxylation is 1. The second-order valence-corrected chi connectivity index (χ2v) is 8.79. The first-order chi connectivity index (χ1) is 16.2. The average Bonchev–Trinajstić information content (AvgIpc) is 3.04. The topological polar surface area (TPSA) is 61.9 Å². The number of nitrogens with one attached hydrogen (secondary N) is 1. The number of benzene rings is 3. The highest BCUT2D eigenvalue weighted by molar-refractivity contribution is 6.46. The summed E-state index contributed by atoms with van der Waals surface area (Å²) in [6.45, 7) is 5.92. The van der Waals surface area contributed by atoms with Gasteiger partial charge in [-0.2, -0.15) is 0 Å². The summed E-state index contributed by atoms with van der Waals surface area (Å²) in [5.41, 5.74) is 4.58. The van der Waals surface area contributed by atoms with E-state index in [1.54, 1.807) is 12.1 Å². The lowest BCUT2D eigenvalue weighted by molar-refractivity contribution is -0.120. The van der Waals surface area contributed by atoms with Crippen LogP contribution in [0.2, 0.25) is 0 Å². The molecule has 4 rings (SSSR count). The molecule has 2 amide bonds. The van der Waals surface area contributed by atoms with Gasteiger partial charge in [0.2, 0.25) is 0 Å². The number of carbonyl (C=O) groups is 2. The van der Waals surface area contributed by atoms with E-state index >= 15 is 0 Å². The standard InChI is InChI=1S/C28H29N3O3/c1-18(2)34-24-16-10-21(11-17-24)29-26-25(20-8-6-19(3)7-9-20)27(32)31(28(26)33)23-14-12-22(13-15-23)30(4)5/h6-18,29H,1-5H3. The summed E-state index contributed by atoms with van der Waals surface area (Å²) in [5.74, 6) is -0.000812. The Labute approximate surface area is 200 Å². The predicted molar refractivity (Wildman–Crippen MR) is 137 cm³/mol. The van der Waals surface area contributed by atoms with E-state index in [1.165, 1.54) is 4.90 Å². The second kappa shape index (κ2) is 9.43. The van der Waals surface area contributed by atoms with Crippen LogP contribution in [0.3, 0.4) is 0 Å². The minimum atomic E-state index is -0.388. The van der Waals surface area contributed by atoms with Gasteiger partial charge in [-0.05, 0) is 74.9 Å². The van der Waals surface area contributed by atoms with E-state index in [9.17, 15) is 9.59 Å². The van der Waals surface area contributed by atoms with Crippen LogP contribution in [0.1, 0.15) is 25.0 Å². The highest BCUT2D eigenvalue weighted by Crippen LogP contribution is 2.34. The molecule has 1 aliphatic heterocycles. The van der Waals surface area contributed by atoms with Crippen molar-refractivity contribution < 1.29 is 14.3 Å². The third-order valence-corrected chi connectivity index (χ3v) is 5.54. The molecular weight excluding hydrogens is 426 g/mol. The molecule has 0 radical (unpaired) electrons. The summed E-state index contributed by atoms with van der Waals surface area (Å²) in [7, 11) is 3.88. The lowest BCUT2D eigenvalue weighted by Gasteiger charge is -2.18. The summed E-state index contributed by atoms with van der Waals surface area (Å²) in [6, 6.07) is 22.3. The van der Waals surface area contributed by atoms with Gasteiger partial charge >= 0.3 is 0 Å². The third kappa shape index (κ3) is 4.66.